The summed E-state index contributed by atoms with van der Waals surface area (Å²) in [6.07, 6.45) is 2.03. The molecule has 0 radical (unpaired) electrons. The molecule has 0 fully saturated rings. The van der Waals surface area contributed by atoms with E-state index in [1.807, 2.05) is 37.3 Å². The van der Waals surface area contributed by atoms with Crippen molar-refractivity contribution in [2.24, 2.45) is 0 Å². The molecule has 1 aliphatic rings. The molecule has 0 amide bonds. The number of carbonyl (C=O) groups is 1. The minimum absolute atomic E-state index is 0.112. The fourth-order valence-electron chi connectivity index (χ4n) is 2.20. The Morgan fingerprint density at radius 3 is 2.94 bits per heavy atom. The lowest BCUT2D eigenvalue weighted by Crippen LogP contribution is -2.09. The molecule has 92 valence electrons. The van der Waals surface area contributed by atoms with Gasteiger partial charge in [0, 0.05) is 10.4 Å². The predicted octanol–water partition coefficient (Wildman–Crippen LogP) is 3.61. The minimum atomic E-state index is 0.112. The Morgan fingerprint density at radius 1 is 1.28 bits per heavy atom. The first kappa shape index (κ1) is 11.5. The lowest BCUT2D eigenvalue weighted by molar-refractivity contribution is 0.104. The molecule has 0 saturated heterocycles. The number of carbonyl (C=O) groups excluding carboxylic acids is 1. The zero-order valence-corrected chi connectivity index (χ0v) is 11.0. The molecule has 3 rings (SSSR count). The first-order valence-corrected chi connectivity index (χ1v) is 6.92. The molecular weight excluding hydrogens is 244 g/mol. The molecule has 0 atom stereocenters. The summed E-state index contributed by atoms with van der Waals surface area (Å²) in [7, 11) is 0. The largest absolute Gasteiger partial charge is 0.493 e. The molecule has 2 nitrogen and oxygen atoms in total. The predicted molar refractivity (Wildman–Crippen MR) is 72.7 cm³/mol. The van der Waals surface area contributed by atoms with E-state index in [4.69, 9.17) is 4.74 Å². The van der Waals surface area contributed by atoms with Gasteiger partial charge in [0.1, 0.15) is 5.75 Å². The first-order chi connectivity index (χ1) is 8.74. The summed E-state index contributed by atoms with van der Waals surface area (Å²) in [5.41, 5.74) is 1.92. The highest BCUT2D eigenvalue weighted by molar-refractivity contribution is 7.14. The average Bonchev–Trinajstić information content (AvgIpc) is 2.84. The number of fused-ring (bicyclic) bond motifs is 1. The average molecular weight is 258 g/mol. The number of benzene rings is 1. The van der Waals surface area contributed by atoms with Crippen LogP contribution >= 0.6 is 11.3 Å². The van der Waals surface area contributed by atoms with Crippen LogP contribution in [0.15, 0.2) is 30.3 Å². The topological polar surface area (TPSA) is 26.3 Å². The molecule has 0 bridgehead atoms. The van der Waals surface area contributed by atoms with Gasteiger partial charge < -0.3 is 4.74 Å². The Labute approximate surface area is 110 Å². The quantitative estimate of drug-likeness (QED) is 0.769. The summed E-state index contributed by atoms with van der Waals surface area (Å²) in [5.74, 6) is 1.04. The molecule has 3 heteroatoms. The third-order valence-electron chi connectivity index (χ3n) is 3.13. The molecular formula is C15H14O2S. The Morgan fingerprint density at radius 2 is 2.17 bits per heavy atom. The minimum Gasteiger partial charge on any atom is -0.493 e. The van der Waals surface area contributed by atoms with Crippen LogP contribution in [0, 0.1) is 6.92 Å². The number of thiophene rings is 1. The molecule has 1 aliphatic heterocycles. The SMILES string of the molecule is Cc1ccc(C(=O)c2ccc3c(c2)CCCO3)s1. The molecule has 0 spiro atoms. The number of aryl methyl sites for hydroxylation is 2. The smallest absolute Gasteiger partial charge is 0.202 e. The Kier molecular flexibility index (Phi) is 2.92. The number of hydrogen-bond donors (Lipinski definition) is 0. The fourth-order valence-corrected chi connectivity index (χ4v) is 3.03. The van der Waals surface area contributed by atoms with E-state index >= 15 is 0 Å². The Balaban J connectivity index is 1.95. The third kappa shape index (κ3) is 2.06. The molecule has 1 aromatic heterocycles. The molecule has 1 aromatic carbocycles. The van der Waals surface area contributed by atoms with Gasteiger partial charge in [0.2, 0.25) is 5.78 Å². The highest BCUT2D eigenvalue weighted by Crippen LogP contribution is 2.27. The second-order valence-electron chi connectivity index (χ2n) is 4.51. The van der Waals surface area contributed by atoms with Crippen molar-refractivity contribution in [1.29, 1.82) is 0 Å². The summed E-state index contributed by atoms with van der Waals surface area (Å²) in [5, 5.41) is 0. The zero-order chi connectivity index (χ0) is 12.5. The van der Waals surface area contributed by atoms with E-state index in [-0.39, 0.29) is 5.78 Å². The summed E-state index contributed by atoms with van der Waals surface area (Å²) < 4.78 is 5.56. The normalized spacial score (nSPS) is 13.8. The van der Waals surface area contributed by atoms with Crippen LogP contribution in [0.4, 0.5) is 0 Å². The van der Waals surface area contributed by atoms with Crippen LogP contribution in [-0.2, 0) is 6.42 Å². The maximum atomic E-state index is 12.3. The number of ether oxygens (including phenoxy) is 1. The van der Waals surface area contributed by atoms with E-state index in [1.165, 1.54) is 4.88 Å². The van der Waals surface area contributed by atoms with E-state index in [0.717, 1.165) is 41.2 Å². The van der Waals surface area contributed by atoms with E-state index in [2.05, 4.69) is 0 Å². The number of rotatable bonds is 2. The molecule has 0 aliphatic carbocycles. The second kappa shape index (κ2) is 4.58. The summed E-state index contributed by atoms with van der Waals surface area (Å²) in [4.78, 5) is 14.3. The van der Waals surface area contributed by atoms with Crippen molar-refractivity contribution in [1.82, 2.24) is 0 Å². The van der Waals surface area contributed by atoms with Crippen molar-refractivity contribution in [3.05, 3.63) is 51.2 Å². The van der Waals surface area contributed by atoms with Crippen molar-refractivity contribution in [3.8, 4) is 5.75 Å². The first-order valence-electron chi connectivity index (χ1n) is 6.11. The van der Waals surface area contributed by atoms with Crippen molar-refractivity contribution in [2.45, 2.75) is 19.8 Å². The maximum absolute atomic E-state index is 12.3. The van der Waals surface area contributed by atoms with Crippen molar-refractivity contribution in [3.63, 3.8) is 0 Å². The number of hydrogen-bond acceptors (Lipinski definition) is 3. The highest BCUT2D eigenvalue weighted by Gasteiger charge is 2.15. The van der Waals surface area contributed by atoms with Crippen molar-refractivity contribution >= 4 is 17.1 Å². The zero-order valence-electron chi connectivity index (χ0n) is 10.2. The molecule has 2 heterocycles. The van der Waals surface area contributed by atoms with Gasteiger partial charge in [0.15, 0.2) is 0 Å². The highest BCUT2D eigenvalue weighted by atomic mass is 32.1. The third-order valence-corrected chi connectivity index (χ3v) is 4.13. The van der Waals surface area contributed by atoms with Gasteiger partial charge in [-0.2, -0.15) is 0 Å². The lowest BCUT2D eigenvalue weighted by atomic mass is 10.0. The van der Waals surface area contributed by atoms with Crippen LogP contribution in [-0.4, -0.2) is 12.4 Å². The van der Waals surface area contributed by atoms with Crippen LogP contribution in [0.2, 0.25) is 0 Å². The molecule has 18 heavy (non-hydrogen) atoms. The van der Waals surface area contributed by atoms with Crippen LogP contribution < -0.4 is 4.74 Å². The number of ketones is 1. The van der Waals surface area contributed by atoms with Gasteiger partial charge in [0.05, 0.1) is 11.5 Å². The molecule has 0 unspecified atom stereocenters. The van der Waals surface area contributed by atoms with Crippen LogP contribution in [0.1, 0.15) is 32.1 Å². The van der Waals surface area contributed by atoms with Crippen molar-refractivity contribution < 1.29 is 9.53 Å². The maximum Gasteiger partial charge on any atom is 0.202 e. The fraction of sp³-hybridized carbons (Fsp3) is 0.267. The molecule has 2 aromatic rings. The van der Waals surface area contributed by atoms with E-state index in [0.29, 0.717) is 0 Å². The van der Waals surface area contributed by atoms with Gasteiger partial charge in [-0.3, -0.25) is 4.79 Å². The summed E-state index contributed by atoms with van der Waals surface area (Å²) in [6.45, 7) is 2.80. The van der Waals surface area contributed by atoms with Gasteiger partial charge in [-0.25, -0.2) is 0 Å². The van der Waals surface area contributed by atoms with Gasteiger partial charge >= 0.3 is 0 Å². The Hall–Kier alpha value is -1.61. The molecule has 0 N–H and O–H groups in total. The van der Waals surface area contributed by atoms with Crippen LogP contribution in [0.25, 0.3) is 0 Å². The van der Waals surface area contributed by atoms with Gasteiger partial charge in [0.25, 0.3) is 0 Å². The van der Waals surface area contributed by atoms with Gasteiger partial charge in [-0.05, 0) is 55.7 Å². The summed E-state index contributed by atoms with van der Waals surface area (Å²) >= 11 is 1.55. The molecule has 0 saturated carbocycles. The monoisotopic (exact) mass is 258 g/mol. The van der Waals surface area contributed by atoms with E-state index in [9.17, 15) is 4.79 Å². The van der Waals surface area contributed by atoms with E-state index in [1.54, 1.807) is 11.3 Å². The standard InChI is InChI=1S/C15H14O2S/c1-10-4-7-14(18-10)15(16)12-5-6-13-11(9-12)3-2-8-17-13/h4-7,9H,2-3,8H2,1H3. The van der Waals surface area contributed by atoms with Gasteiger partial charge in [-0.1, -0.05) is 0 Å². The van der Waals surface area contributed by atoms with Crippen LogP contribution in [0.5, 0.6) is 5.75 Å². The second-order valence-corrected chi connectivity index (χ2v) is 5.80. The Bertz CT molecular complexity index is 598. The van der Waals surface area contributed by atoms with E-state index < -0.39 is 0 Å². The van der Waals surface area contributed by atoms with Crippen molar-refractivity contribution in [2.75, 3.05) is 6.61 Å². The van der Waals surface area contributed by atoms with Gasteiger partial charge in [-0.15, -0.1) is 11.3 Å². The lowest BCUT2D eigenvalue weighted by Gasteiger charge is -2.17. The van der Waals surface area contributed by atoms with Crippen LogP contribution in [0.3, 0.4) is 0 Å². The summed E-state index contributed by atoms with van der Waals surface area (Å²) in [6, 6.07) is 9.65.